The van der Waals surface area contributed by atoms with Crippen molar-refractivity contribution in [3.05, 3.63) is 11.6 Å². The first-order valence-electron chi connectivity index (χ1n) is 8.87. The molecule has 0 amide bonds. The van der Waals surface area contributed by atoms with E-state index in [9.17, 15) is 9.90 Å². The van der Waals surface area contributed by atoms with E-state index in [2.05, 4.69) is 13.8 Å². The van der Waals surface area contributed by atoms with Gasteiger partial charge in [0.25, 0.3) is 0 Å². The fraction of sp³-hybridized carbons (Fsp3) is 0.842. The number of fused-ring (bicyclic) bond motifs is 5. The van der Waals surface area contributed by atoms with Crippen LogP contribution in [0.1, 0.15) is 65.2 Å². The van der Waals surface area contributed by atoms with Gasteiger partial charge in [-0.15, -0.1) is 0 Å². The van der Waals surface area contributed by atoms with Crippen molar-refractivity contribution in [2.24, 2.45) is 28.6 Å². The normalized spacial score (nSPS) is 48.1. The maximum atomic E-state index is 11.8. The van der Waals surface area contributed by atoms with Crippen molar-refractivity contribution >= 4 is 5.78 Å². The molecule has 0 aromatic rings. The molecule has 124 valence electrons. The van der Waals surface area contributed by atoms with Crippen LogP contribution in [0.4, 0.5) is 0 Å². The van der Waals surface area contributed by atoms with E-state index in [0.717, 1.165) is 37.5 Å². The molecule has 0 saturated heterocycles. The van der Waals surface area contributed by atoms with E-state index in [4.69, 9.17) is 0 Å². The Bertz CT molecular complexity index is 519. The summed E-state index contributed by atoms with van der Waals surface area (Å²) in [5, 5.41) is 10.4. The third-order valence-electron chi connectivity index (χ3n) is 7.91. The molecule has 23 heavy (non-hydrogen) atoms. The second-order valence-corrected chi connectivity index (χ2v) is 8.61. The molecule has 3 saturated carbocycles. The molecular weight excluding hydrogens is 303 g/mol. The Morgan fingerprint density at radius 2 is 1.78 bits per heavy atom. The fourth-order valence-electron chi connectivity index (χ4n) is 6.53. The van der Waals surface area contributed by atoms with Gasteiger partial charge in [-0.3, -0.25) is 4.79 Å². The minimum atomic E-state index is -0.0823. The van der Waals surface area contributed by atoms with Crippen LogP contribution in [0.25, 0.3) is 0 Å². The molecule has 0 aliphatic heterocycles. The number of ketones is 1. The summed E-state index contributed by atoms with van der Waals surface area (Å²) in [7, 11) is 0. The van der Waals surface area contributed by atoms with Gasteiger partial charge in [0.05, 0.1) is 6.10 Å². The molecule has 1 N–H and O–H groups in total. The summed E-state index contributed by atoms with van der Waals surface area (Å²) < 4.78 is 0. The second kappa shape index (κ2) is 6.53. The summed E-state index contributed by atoms with van der Waals surface area (Å²) in [6.07, 6.45) is 10.7. The van der Waals surface area contributed by atoms with Gasteiger partial charge in [-0.1, -0.05) is 19.4 Å². The zero-order chi connectivity index (χ0) is 14.8. The maximum absolute atomic E-state index is 11.8. The number of hydrogen-bond donors (Lipinski definition) is 1. The van der Waals surface area contributed by atoms with Gasteiger partial charge in [0, 0.05) is 6.42 Å². The van der Waals surface area contributed by atoms with Gasteiger partial charge < -0.3 is 17.5 Å². The van der Waals surface area contributed by atoms with Gasteiger partial charge in [-0.2, -0.15) is 0 Å². The van der Waals surface area contributed by atoms with Crippen molar-refractivity contribution in [3.63, 3.8) is 0 Å². The Labute approximate surface area is 158 Å². The number of rotatable bonds is 0. The Hall–Kier alpha value is 0.257. The van der Waals surface area contributed by atoms with Crippen molar-refractivity contribution in [3.8, 4) is 0 Å². The zero-order valence-corrected chi connectivity index (χ0v) is 15.5. The van der Waals surface area contributed by atoms with Gasteiger partial charge in [0.1, 0.15) is 0 Å². The first-order valence-corrected chi connectivity index (χ1v) is 8.87. The van der Waals surface area contributed by atoms with Gasteiger partial charge in [0.2, 0.25) is 0 Å². The zero-order valence-electron chi connectivity index (χ0n) is 14.8. The molecule has 4 heteroatoms. The number of carbonyl (C=O) groups excluding carboxylic acids is 1. The van der Waals surface area contributed by atoms with Crippen molar-refractivity contribution in [2.75, 3.05) is 0 Å². The van der Waals surface area contributed by atoms with E-state index in [1.54, 1.807) is 0 Å². The van der Waals surface area contributed by atoms with E-state index in [1.807, 2.05) is 6.08 Å². The van der Waals surface area contributed by atoms with E-state index in [1.165, 1.54) is 31.3 Å². The number of hydrogen-bond acceptors (Lipinski definition) is 2. The summed E-state index contributed by atoms with van der Waals surface area (Å²) in [4.78, 5) is 11.8. The minimum absolute atomic E-state index is 0. The molecule has 0 aromatic carbocycles. The standard InChI is InChI=1S/C19H28O2.ClH.Li/c1-18-9-7-13(20)11-12(18)3-4-14-15-5-6-17(21)19(15,2)10-8-16(14)18;;/h11,14-17,21H,3-10H2,1-2H3;1H;/q;;+1/p-1/t14-,15-,16-,17+,18-,19-;;/m0../s1. The van der Waals surface area contributed by atoms with Crippen LogP contribution in [0.5, 0.6) is 0 Å². The van der Waals surface area contributed by atoms with E-state index in [0.29, 0.717) is 11.7 Å². The minimum Gasteiger partial charge on any atom is -1.00 e. The molecule has 4 aliphatic carbocycles. The average Bonchev–Trinajstić information content (AvgIpc) is 2.76. The molecule has 6 atom stereocenters. The van der Waals surface area contributed by atoms with Crippen LogP contribution >= 0.6 is 0 Å². The molecule has 3 fully saturated rings. The molecule has 4 rings (SSSR count). The SMILES string of the molecule is C[C@]12CC[C@H]3[C@@H](CCC4=CC(=O)CC[C@@]43C)[C@@H]1CC[C@H]2O.[Cl-].[Li+]. The smallest absolute Gasteiger partial charge is 1.00 e. The van der Waals surface area contributed by atoms with Crippen LogP contribution in [0.15, 0.2) is 11.6 Å². The van der Waals surface area contributed by atoms with Crippen LogP contribution in [0.3, 0.4) is 0 Å². The number of aliphatic hydroxyl groups excluding tert-OH is 1. The van der Waals surface area contributed by atoms with E-state index < -0.39 is 0 Å². The van der Waals surface area contributed by atoms with Gasteiger partial charge in [0.15, 0.2) is 5.78 Å². The van der Waals surface area contributed by atoms with Gasteiger partial charge >= 0.3 is 18.9 Å². The molecule has 0 heterocycles. The number of allylic oxidation sites excluding steroid dienone is 1. The number of halogens is 1. The van der Waals surface area contributed by atoms with Crippen molar-refractivity contribution < 1.29 is 41.2 Å². The molecule has 0 bridgehead atoms. The molecule has 0 aromatic heterocycles. The fourth-order valence-corrected chi connectivity index (χ4v) is 6.53. The first kappa shape index (κ1) is 19.6. The Kier molecular flexibility index (Phi) is 5.56. The second-order valence-electron chi connectivity index (χ2n) is 8.61. The summed E-state index contributed by atoms with van der Waals surface area (Å²) >= 11 is 0. The monoisotopic (exact) mass is 330 g/mol. The predicted molar refractivity (Wildman–Crippen MR) is 82.7 cm³/mol. The van der Waals surface area contributed by atoms with Gasteiger partial charge in [-0.05, 0) is 79.6 Å². The molecule has 4 aliphatic rings. The van der Waals surface area contributed by atoms with Gasteiger partial charge in [-0.25, -0.2) is 0 Å². The van der Waals surface area contributed by atoms with E-state index >= 15 is 0 Å². The average molecular weight is 331 g/mol. The van der Waals surface area contributed by atoms with Crippen molar-refractivity contribution in [1.82, 2.24) is 0 Å². The van der Waals surface area contributed by atoms with Crippen LogP contribution in [0.2, 0.25) is 0 Å². The molecule has 2 nitrogen and oxygen atoms in total. The van der Waals surface area contributed by atoms with E-state index in [-0.39, 0.29) is 48.2 Å². The summed E-state index contributed by atoms with van der Waals surface area (Å²) in [5.41, 5.74) is 1.89. The van der Waals surface area contributed by atoms with Crippen molar-refractivity contribution in [2.45, 2.75) is 71.3 Å². The molecule has 0 radical (unpaired) electrons. The summed E-state index contributed by atoms with van der Waals surface area (Å²) in [6.45, 7) is 4.76. The van der Waals surface area contributed by atoms with Crippen LogP contribution in [-0.2, 0) is 4.79 Å². The Morgan fingerprint density at radius 1 is 1.04 bits per heavy atom. The number of carbonyl (C=O) groups is 1. The predicted octanol–water partition coefficient (Wildman–Crippen LogP) is -2.11. The topological polar surface area (TPSA) is 37.3 Å². The largest absolute Gasteiger partial charge is 1.00 e. The Balaban J connectivity index is 0.000000960. The van der Waals surface area contributed by atoms with Crippen LogP contribution in [0, 0.1) is 28.6 Å². The quantitative estimate of drug-likeness (QED) is 0.516. The van der Waals surface area contributed by atoms with Crippen LogP contribution < -0.4 is 31.3 Å². The third-order valence-corrected chi connectivity index (χ3v) is 7.91. The van der Waals surface area contributed by atoms with Crippen molar-refractivity contribution in [1.29, 1.82) is 0 Å². The van der Waals surface area contributed by atoms with Crippen LogP contribution in [-0.4, -0.2) is 17.0 Å². The molecule has 0 unspecified atom stereocenters. The third kappa shape index (κ3) is 2.69. The number of aliphatic hydroxyl groups is 1. The summed E-state index contributed by atoms with van der Waals surface area (Å²) in [5.74, 6) is 2.57. The molecular formula is C19H28ClLiO2. The summed E-state index contributed by atoms with van der Waals surface area (Å²) in [6, 6.07) is 0. The Morgan fingerprint density at radius 3 is 2.52 bits per heavy atom. The maximum Gasteiger partial charge on any atom is 1.00 e. The first-order chi connectivity index (χ1) is 9.95. The molecule has 0 spiro atoms.